The van der Waals surface area contributed by atoms with Crippen molar-refractivity contribution in [1.82, 2.24) is 15.3 Å². The smallest absolute Gasteiger partial charge is 0.259 e. The molecule has 0 aliphatic heterocycles. The molecule has 4 N–H and O–H groups in total. The van der Waals surface area contributed by atoms with Crippen LogP contribution >= 0.6 is 23.1 Å². The number of amides is 1. The molecule has 0 aliphatic rings. The summed E-state index contributed by atoms with van der Waals surface area (Å²) < 4.78 is 0. The van der Waals surface area contributed by atoms with Crippen molar-refractivity contribution in [2.45, 2.75) is 64.0 Å². The number of aromatic amines is 1. The van der Waals surface area contributed by atoms with E-state index in [1.165, 1.54) is 23.1 Å². The van der Waals surface area contributed by atoms with Crippen LogP contribution in [-0.2, 0) is 10.5 Å². The van der Waals surface area contributed by atoms with Crippen molar-refractivity contribution in [2.75, 3.05) is 6.54 Å². The molecule has 1 amide bonds. The first-order chi connectivity index (χ1) is 12.2. The summed E-state index contributed by atoms with van der Waals surface area (Å²) in [4.78, 5) is 33.8. The van der Waals surface area contributed by atoms with Crippen molar-refractivity contribution in [3.63, 3.8) is 0 Å². The van der Waals surface area contributed by atoms with E-state index in [1.54, 1.807) is 0 Å². The standard InChI is InChI=1S/C18H28N4O2S2/c1-6-18(19,7-2)9-20-15(23)12(5)25-8-13-21-16(24)14-10(3)11(4)26-17(14)22-13/h12H,6-9,19H2,1-5H3,(H,20,23)(H,21,22,24). The first-order valence-electron chi connectivity index (χ1n) is 8.87. The van der Waals surface area contributed by atoms with Gasteiger partial charge in [0.05, 0.1) is 16.4 Å². The van der Waals surface area contributed by atoms with Gasteiger partial charge >= 0.3 is 0 Å². The topological polar surface area (TPSA) is 101 Å². The first-order valence-corrected chi connectivity index (χ1v) is 10.7. The Kier molecular flexibility index (Phi) is 6.87. The predicted molar refractivity (Wildman–Crippen MR) is 111 cm³/mol. The molecule has 6 nitrogen and oxygen atoms in total. The number of nitrogens with one attached hydrogen (secondary N) is 2. The van der Waals surface area contributed by atoms with Gasteiger partial charge in [-0.15, -0.1) is 23.1 Å². The van der Waals surface area contributed by atoms with E-state index in [0.717, 1.165) is 28.1 Å². The summed E-state index contributed by atoms with van der Waals surface area (Å²) in [5.41, 5.74) is 6.75. The molecule has 2 aromatic rings. The number of H-pyrrole nitrogens is 1. The third-order valence-corrected chi connectivity index (χ3v) is 7.21. The van der Waals surface area contributed by atoms with Crippen LogP contribution < -0.4 is 16.6 Å². The molecule has 0 fully saturated rings. The normalized spacial score (nSPS) is 13.2. The summed E-state index contributed by atoms with van der Waals surface area (Å²) >= 11 is 2.98. The summed E-state index contributed by atoms with van der Waals surface area (Å²) in [7, 11) is 0. The Morgan fingerprint density at radius 2 is 2.04 bits per heavy atom. The molecule has 2 rings (SSSR count). The molecule has 0 saturated heterocycles. The van der Waals surface area contributed by atoms with Gasteiger partial charge in [-0.25, -0.2) is 4.98 Å². The molecule has 0 aromatic carbocycles. The molecule has 1 atom stereocenters. The van der Waals surface area contributed by atoms with Crippen LogP contribution in [0.25, 0.3) is 10.2 Å². The summed E-state index contributed by atoms with van der Waals surface area (Å²) in [6.45, 7) is 10.3. The lowest BCUT2D eigenvalue weighted by molar-refractivity contribution is -0.120. The number of hydrogen-bond donors (Lipinski definition) is 3. The Bertz CT molecular complexity index is 840. The zero-order valence-corrected chi connectivity index (χ0v) is 17.7. The quantitative estimate of drug-likeness (QED) is 0.637. The maximum atomic E-state index is 12.3. The molecule has 0 saturated carbocycles. The van der Waals surface area contributed by atoms with Gasteiger partial charge in [0.1, 0.15) is 10.7 Å². The Morgan fingerprint density at radius 3 is 2.65 bits per heavy atom. The Hall–Kier alpha value is -1.38. The van der Waals surface area contributed by atoms with Gasteiger partial charge in [0.15, 0.2) is 0 Å². The van der Waals surface area contributed by atoms with Crippen LogP contribution in [0.2, 0.25) is 0 Å². The van der Waals surface area contributed by atoms with Gasteiger partial charge in [0.2, 0.25) is 5.91 Å². The molecular formula is C18H28N4O2S2. The van der Waals surface area contributed by atoms with E-state index < -0.39 is 0 Å². The fourth-order valence-corrected chi connectivity index (χ4v) is 4.38. The van der Waals surface area contributed by atoms with E-state index in [1.807, 2.05) is 34.6 Å². The number of hydrogen-bond acceptors (Lipinski definition) is 6. The molecule has 26 heavy (non-hydrogen) atoms. The molecular weight excluding hydrogens is 368 g/mol. The van der Waals surface area contributed by atoms with Gasteiger partial charge in [-0.2, -0.15) is 0 Å². The number of aryl methyl sites for hydroxylation is 2. The molecule has 2 heterocycles. The van der Waals surface area contributed by atoms with E-state index in [4.69, 9.17) is 5.73 Å². The van der Waals surface area contributed by atoms with E-state index in [9.17, 15) is 9.59 Å². The van der Waals surface area contributed by atoms with E-state index in [2.05, 4.69) is 15.3 Å². The van der Waals surface area contributed by atoms with Crippen molar-refractivity contribution in [3.05, 3.63) is 26.6 Å². The second kappa shape index (κ2) is 8.54. The minimum atomic E-state index is -0.354. The van der Waals surface area contributed by atoms with Crippen molar-refractivity contribution >= 4 is 39.2 Å². The molecule has 0 bridgehead atoms. The SMILES string of the molecule is CCC(N)(CC)CNC(=O)C(C)SCc1nc2sc(C)c(C)c2c(=O)[nH]1. The highest BCUT2D eigenvalue weighted by Crippen LogP contribution is 2.26. The van der Waals surface area contributed by atoms with Crippen molar-refractivity contribution in [1.29, 1.82) is 0 Å². The summed E-state index contributed by atoms with van der Waals surface area (Å²) in [6.07, 6.45) is 1.63. The van der Waals surface area contributed by atoms with Crippen LogP contribution in [0.15, 0.2) is 4.79 Å². The fourth-order valence-electron chi connectivity index (χ4n) is 2.55. The minimum Gasteiger partial charge on any atom is -0.353 e. The number of rotatable bonds is 8. The second-order valence-electron chi connectivity index (χ2n) is 6.72. The molecule has 8 heteroatoms. The average molecular weight is 397 g/mol. The van der Waals surface area contributed by atoms with Gasteiger partial charge in [0.25, 0.3) is 5.56 Å². The zero-order chi connectivity index (χ0) is 19.5. The number of thioether (sulfide) groups is 1. The molecule has 2 aromatic heterocycles. The highest BCUT2D eigenvalue weighted by Gasteiger charge is 2.23. The van der Waals surface area contributed by atoms with Gasteiger partial charge in [-0.1, -0.05) is 13.8 Å². The Labute approximate surface area is 162 Å². The average Bonchev–Trinajstić information content (AvgIpc) is 2.91. The summed E-state index contributed by atoms with van der Waals surface area (Å²) in [5, 5.41) is 3.36. The van der Waals surface area contributed by atoms with Gasteiger partial charge in [-0.05, 0) is 39.2 Å². The third-order valence-electron chi connectivity index (χ3n) is 4.95. The van der Waals surface area contributed by atoms with Crippen LogP contribution in [0, 0.1) is 13.8 Å². The lowest BCUT2D eigenvalue weighted by Crippen LogP contribution is -2.50. The van der Waals surface area contributed by atoms with Crippen molar-refractivity contribution < 1.29 is 4.79 Å². The lowest BCUT2D eigenvalue weighted by atomic mass is 9.94. The first kappa shape index (κ1) is 20.9. The van der Waals surface area contributed by atoms with E-state index in [-0.39, 0.29) is 22.3 Å². The third kappa shape index (κ3) is 4.66. The van der Waals surface area contributed by atoms with Gasteiger partial charge in [0, 0.05) is 17.0 Å². The van der Waals surface area contributed by atoms with Crippen molar-refractivity contribution in [3.8, 4) is 0 Å². The lowest BCUT2D eigenvalue weighted by Gasteiger charge is -2.27. The Balaban J connectivity index is 1.99. The predicted octanol–water partition coefficient (Wildman–Crippen LogP) is 2.86. The largest absolute Gasteiger partial charge is 0.353 e. The molecule has 144 valence electrons. The number of nitrogens with two attached hydrogens (primary N) is 1. The fraction of sp³-hybridized carbons (Fsp3) is 0.611. The highest BCUT2D eigenvalue weighted by atomic mass is 32.2. The van der Waals surface area contributed by atoms with Gasteiger partial charge in [-0.3, -0.25) is 9.59 Å². The number of nitrogens with zero attached hydrogens (tertiary/aromatic N) is 1. The van der Waals surface area contributed by atoms with Crippen molar-refractivity contribution in [2.24, 2.45) is 5.73 Å². The number of carbonyl (C=O) groups is 1. The monoisotopic (exact) mass is 396 g/mol. The van der Waals surface area contributed by atoms with Crippen LogP contribution in [0.3, 0.4) is 0 Å². The Morgan fingerprint density at radius 1 is 1.38 bits per heavy atom. The summed E-state index contributed by atoms with van der Waals surface area (Å²) in [5.74, 6) is 1.03. The minimum absolute atomic E-state index is 0.0436. The molecule has 0 aliphatic carbocycles. The molecule has 0 spiro atoms. The highest BCUT2D eigenvalue weighted by molar-refractivity contribution is 7.99. The van der Waals surface area contributed by atoms with E-state index in [0.29, 0.717) is 23.5 Å². The molecule has 0 radical (unpaired) electrons. The van der Waals surface area contributed by atoms with Crippen LogP contribution in [0.5, 0.6) is 0 Å². The number of fused-ring (bicyclic) bond motifs is 1. The second-order valence-corrected chi connectivity index (χ2v) is 9.25. The summed E-state index contributed by atoms with van der Waals surface area (Å²) in [6, 6.07) is 0. The maximum absolute atomic E-state index is 12.3. The number of thiophene rings is 1. The van der Waals surface area contributed by atoms with E-state index >= 15 is 0 Å². The van der Waals surface area contributed by atoms with Gasteiger partial charge < -0.3 is 16.0 Å². The molecule has 1 unspecified atom stereocenters. The number of aromatic nitrogens is 2. The van der Waals surface area contributed by atoms with Crippen LogP contribution in [0.1, 0.15) is 49.9 Å². The number of carbonyl (C=O) groups excluding carboxylic acids is 1. The van der Waals surface area contributed by atoms with Crippen LogP contribution in [-0.4, -0.2) is 33.2 Å². The zero-order valence-electron chi connectivity index (χ0n) is 16.1. The maximum Gasteiger partial charge on any atom is 0.259 e. The van der Waals surface area contributed by atoms with Crippen LogP contribution in [0.4, 0.5) is 0 Å².